The maximum atomic E-state index is 13.1. The van der Waals surface area contributed by atoms with Crippen LogP contribution in [-0.4, -0.2) is 35.9 Å². The third-order valence-electron chi connectivity index (χ3n) is 4.94. The van der Waals surface area contributed by atoms with E-state index in [1.165, 1.54) is 4.90 Å². The summed E-state index contributed by atoms with van der Waals surface area (Å²) < 4.78 is 6.55. The molecule has 0 saturated carbocycles. The Hall–Kier alpha value is -1.76. The number of carbonyl (C=O) groups is 2. The Morgan fingerprint density at radius 3 is 2.34 bits per heavy atom. The molecule has 0 heterocycles. The van der Waals surface area contributed by atoms with Gasteiger partial charge in [-0.25, -0.2) is 0 Å². The molecule has 0 aliphatic heterocycles. The summed E-state index contributed by atoms with van der Waals surface area (Å²) in [7, 11) is 0. The van der Waals surface area contributed by atoms with E-state index in [1.807, 2.05) is 32.0 Å². The second kappa shape index (κ2) is 12.5. The molecule has 0 bridgehead atoms. The number of hydrogen-bond acceptors (Lipinski definition) is 3. The average molecular weight is 544 g/mol. The number of amides is 2. The minimum absolute atomic E-state index is 0.200. The van der Waals surface area contributed by atoms with Crippen LogP contribution in [0.2, 0.25) is 10.0 Å². The quantitative estimate of drug-likeness (QED) is 0.406. The van der Waals surface area contributed by atoms with Gasteiger partial charge >= 0.3 is 0 Å². The first-order valence-electron chi connectivity index (χ1n) is 10.5. The average Bonchev–Trinajstić information content (AvgIpc) is 2.76. The van der Waals surface area contributed by atoms with E-state index >= 15 is 0 Å². The van der Waals surface area contributed by atoms with Gasteiger partial charge in [0, 0.05) is 13.1 Å². The number of benzene rings is 2. The van der Waals surface area contributed by atoms with Crippen molar-refractivity contribution in [2.75, 3.05) is 13.2 Å². The molecule has 0 aliphatic rings. The van der Waals surface area contributed by atoms with Crippen molar-refractivity contribution >= 4 is 50.9 Å². The van der Waals surface area contributed by atoms with Gasteiger partial charge < -0.3 is 15.0 Å². The van der Waals surface area contributed by atoms with Crippen molar-refractivity contribution in [2.24, 2.45) is 5.92 Å². The SMILES string of the molecule is CCc1ccc(OCC(=O)N(Cc2ccc(Cl)c(Cl)c2)[C@@H](C)C(=O)NCC(C)C)c(Br)c1. The fourth-order valence-corrected chi connectivity index (χ4v) is 3.83. The van der Waals surface area contributed by atoms with Crippen molar-refractivity contribution in [3.8, 4) is 5.75 Å². The van der Waals surface area contributed by atoms with Gasteiger partial charge in [0.15, 0.2) is 6.61 Å². The molecule has 0 radical (unpaired) electrons. The number of nitrogens with one attached hydrogen (secondary N) is 1. The van der Waals surface area contributed by atoms with Crippen molar-refractivity contribution in [2.45, 2.75) is 46.7 Å². The van der Waals surface area contributed by atoms with Crippen molar-refractivity contribution < 1.29 is 14.3 Å². The summed E-state index contributed by atoms with van der Waals surface area (Å²) in [5.74, 6) is 0.342. The second-order valence-corrected chi connectivity index (χ2v) is 9.66. The predicted octanol–water partition coefficient (Wildman–Crippen LogP) is 5.89. The molecule has 174 valence electrons. The minimum Gasteiger partial charge on any atom is -0.483 e. The third kappa shape index (κ3) is 7.68. The van der Waals surface area contributed by atoms with Crippen LogP contribution in [-0.2, 0) is 22.6 Å². The molecular formula is C24H29BrCl2N2O3. The van der Waals surface area contributed by atoms with E-state index in [4.69, 9.17) is 27.9 Å². The Morgan fingerprint density at radius 1 is 1.06 bits per heavy atom. The molecule has 32 heavy (non-hydrogen) atoms. The molecule has 2 aromatic carbocycles. The Kier molecular flexibility index (Phi) is 10.3. The standard InChI is InChI=1S/C24H29BrCl2N2O3/c1-5-17-7-9-22(19(25)10-17)32-14-23(30)29(16(4)24(31)28-12-15(2)3)13-18-6-8-20(26)21(27)11-18/h6-11,15-16H,5,12-14H2,1-4H3,(H,28,31)/t16-/m0/s1. The van der Waals surface area contributed by atoms with Crippen LogP contribution in [0.15, 0.2) is 40.9 Å². The summed E-state index contributed by atoms with van der Waals surface area (Å²) in [6, 6.07) is 10.2. The van der Waals surface area contributed by atoms with E-state index in [0.717, 1.165) is 22.0 Å². The van der Waals surface area contributed by atoms with Gasteiger partial charge in [-0.1, -0.05) is 56.1 Å². The first-order valence-corrected chi connectivity index (χ1v) is 12.1. The van der Waals surface area contributed by atoms with Gasteiger partial charge in [-0.15, -0.1) is 0 Å². The van der Waals surface area contributed by atoms with E-state index in [-0.39, 0.29) is 25.0 Å². The van der Waals surface area contributed by atoms with Crippen LogP contribution in [0.4, 0.5) is 0 Å². The van der Waals surface area contributed by atoms with Crippen LogP contribution in [0, 0.1) is 5.92 Å². The Balaban J connectivity index is 2.18. The molecular weight excluding hydrogens is 515 g/mol. The first kappa shape index (κ1) is 26.5. The zero-order valence-electron chi connectivity index (χ0n) is 18.8. The Labute approximate surface area is 208 Å². The van der Waals surface area contributed by atoms with E-state index in [0.29, 0.717) is 28.3 Å². The highest BCUT2D eigenvalue weighted by Gasteiger charge is 2.27. The third-order valence-corrected chi connectivity index (χ3v) is 6.30. The summed E-state index contributed by atoms with van der Waals surface area (Å²) in [4.78, 5) is 27.3. The molecule has 0 saturated heterocycles. The molecule has 0 unspecified atom stereocenters. The van der Waals surface area contributed by atoms with Crippen LogP contribution in [0.1, 0.15) is 38.8 Å². The summed E-state index contributed by atoms with van der Waals surface area (Å²) >= 11 is 15.6. The largest absolute Gasteiger partial charge is 0.483 e. The summed E-state index contributed by atoms with van der Waals surface area (Å²) in [6.45, 7) is 8.33. The van der Waals surface area contributed by atoms with Crippen LogP contribution >= 0.6 is 39.1 Å². The molecule has 0 aromatic heterocycles. The van der Waals surface area contributed by atoms with Crippen LogP contribution < -0.4 is 10.1 Å². The molecule has 1 atom stereocenters. The molecule has 8 heteroatoms. The lowest BCUT2D eigenvalue weighted by atomic mass is 10.1. The highest BCUT2D eigenvalue weighted by Crippen LogP contribution is 2.27. The predicted molar refractivity (Wildman–Crippen MR) is 133 cm³/mol. The van der Waals surface area contributed by atoms with Gasteiger partial charge in [0.1, 0.15) is 11.8 Å². The number of aryl methyl sites for hydroxylation is 1. The van der Waals surface area contributed by atoms with Gasteiger partial charge in [-0.3, -0.25) is 9.59 Å². The number of nitrogens with zero attached hydrogens (tertiary/aromatic N) is 1. The highest BCUT2D eigenvalue weighted by molar-refractivity contribution is 9.10. The van der Waals surface area contributed by atoms with Crippen molar-refractivity contribution in [1.82, 2.24) is 10.2 Å². The van der Waals surface area contributed by atoms with Gasteiger partial charge in [0.05, 0.1) is 14.5 Å². The summed E-state index contributed by atoms with van der Waals surface area (Å²) in [5, 5.41) is 3.71. The van der Waals surface area contributed by atoms with Crippen molar-refractivity contribution in [3.63, 3.8) is 0 Å². The summed E-state index contributed by atoms with van der Waals surface area (Å²) in [6.07, 6.45) is 0.901. The summed E-state index contributed by atoms with van der Waals surface area (Å²) in [5.41, 5.74) is 1.93. The molecule has 1 N–H and O–H groups in total. The van der Waals surface area contributed by atoms with Crippen molar-refractivity contribution in [1.29, 1.82) is 0 Å². The lowest BCUT2D eigenvalue weighted by molar-refractivity contribution is -0.142. The zero-order chi connectivity index (χ0) is 23.8. The Bertz CT molecular complexity index is 953. The number of rotatable bonds is 10. The van der Waals surface area contributed by atoms with Gasteiger partial charge in [-0.2, -0.15) is 0 Å². The molecule has 0 aliphatic carbocycles. The van der Waals surface area contributed by atoms with Crippen molar-refractivity contribution in [3.05, 3.63) is 62.0 Å². The maximum absolute atomic E-state index is 13.1. The molecule has 0 fully saturated rings. The molecule has 5 nitrogen and oxygen atoms in total. The van der Waals surface area contributed by atoms with E-state index in [1.54, 1.807) is 25.1 Å². The number of ether oxygens (including phenoxy) is 1. The van der Waals surface area contributed by atoms with E-state index in [2.05, 4.69) is 28.2 Å². The number of carbonyl (C=O) groups excluding carboxylic acids is 2. The second-order valence-electron chi connectivity index (χ2n) is 7.99. The lowest BCUT2D eigenvalue weighted by Crippen LogP contribution is -2.49. The molecule has 0 spiro atoms. The monoisotopic (exact) mass is 542 g/mol. The lowest BCUT2D eigenvalue weighted by Gasteiger charge is -2.29. The van der Waals surface area contributed by atoms with Crippen LogP contribution in [0.5, 0.6) is 5.75 Å². The fraction of sp³-hybridized carbons (Fsp3) is 0.417. The number of halogens is 3. The van der Waals surface area contributed by atoms with Gasteiger partial charge in [0.2, 0.25) is 5.91 Å². The normalized spacial score (nSPS) is 11.9. The minimum atomic E-state index is -0.690. The van der Waals surface area contributed by atoms with Gasteiger partial charge in [-0.05, 0) is 70.6 Å². The maximum Gasteiger partial charge on any atom is 0.261 e. The van der Waals surface area contributed by atoms with E-state index in [9.17, 15) is 9.59 Å². The van der Waals surface area contributed by atoms with Crippen LogP contribution in [0.25, 0.3) is 0 Å². The fourth-order valence-electron chi connectivity index (χ4n) is 2.97. The smallest absolute Gasteiger partial charge is 0.261 e. The zero-order valence-corrected chi connectivity index (χ0v) is 21.9. The highest BCUT2D eigenvalue weighted by atomic mass is 79.9. The molecule has 2 aromatic rings. The molecule has 2 rings (SSSR count). The van der Waals surface area contributed by atoms with Crippen LogP contribution in [0.3, 0.4) is 0 Å². The Morgan fingerprint density at radius 2 is 1.75 bits per heavy atom. The topological polar surface area (TPSA) is 58.6 Å². The van der Waals surface area contributed by atoms with Gasteiger partial charge in [0.25, 0.3) is 5.91 Å². The molecule has 2 amide bonds. The van der Waals surface area contributed by atoms with E-state index < -0.39 is 6.04 Å². The first-order chi connectivity index (χ1) is 15.1. The number of hydrogen-bond donors (Lipinski definition) is 1.